The standard InChI is InChI=1S/C67H70N4O/c1-42-32-55(46-34-48(65(7,8)9)37-49(35-46)66(10,11)12)63(56(33-42)67(13,14)15)70-41-69(60-36-45(26-29-58(60)70)62-43(2)20-18-21-44(62)3)50-22-19-23-51(39-50)72-52-27-28-54-53-24-16-17-25-57(53)71(59(54)40-52)61-38-47(30-31-68-61)64(4,5)6/h16-40H,1-15H3/i1D3,2D3,3D3. The van der Waals surface area contributed by atoms with Crippen LogP contribution in [-0.4, -0.2) is 14.1 Å². The number of ether oxygens (including phenoxy) is 1. The van der Waals surface area contributed by atoms with E-state index in [9.17, 15) is 0 Å². The van der Waals surface area contributed by atoms with Crippen LogP contribution >= 0.6 is 0 Å². The molecule has 3 aromatic heterocycles. The summed E-state index contributed by atoms with van der Waals surface area (Å²) in [5.41, 5.74) is 9.43. The summed E-state index contributed by atoms with van der Waals surface area (Å²) in [5.74, 6) is 1.91. The lowest BCUT2D eigenvalue weighted by atomic mass is 9.77. The van der Waals surface area contributed by atoms with Crippen molar-refractivity contribution < 1.29 is 21.6 Å². The highest BCUT2D eigenvalue weighted by Gasteiger charge is 2.28. The van der Waals surface area contributed by atoms with Gasteiger partial charge in [-0.1, -0.05) is 174 Å². The number of aromatic nitrogens is 4. The van der Waals surface area contributed by atoms with E-state index in [4.69, 9.17) is 22.1 Å². The fourth-order valence-electron chi connectivity index (χ4n) is 9.89. The number of pyridine rings is 1. The predicted octanol–water partition coefficient (Wildman–Crippen LogP) is 17.4. The number of para-hydroxylation sites is 1. The molecular weight excluding hydrogens is 877 g/mol. The van der Waals surface area contributed by atoms with Crippen LogP contribution in [0.3, 0.4) is 0 Å². The second kappa shape index (κ2) is 17.5. The van der Waals surface area contributed by atoms with E-state index in [1.807, 2.05) is 76.0 Å². The first-order chi connectivity index (χ1) is 37.6. The SMILES string of the molecule is [2H]C([2H])([2H])c1cc(-c2cc(C(C)(C)C)cc(C(C)(C)C)c2)c(-[n+]2[c-]n(-c3cccc(Oc4ccc5c6ccccc6n(-c6cc(C(C)(C)C)ccn6)c5c4)c3)c3cc(-c4c(C([2H])([2H])[2H])cccc4C([2H])([2H])[2H])ccc32)c(C(C)(C)C)c1. The summed E-state index contributed by atoms with van der Waals surface area (Å²) in [6, 6.07) is 46.3. The van der Waals surface area contributed by atoms with E-state index in [1.165, 1.54) is 18.2 Å². The van der Waals surface area contributed by atoms with Crippen LogP contribution in [0.5, 0.6) is 11.5 Å². The molecule has 364 valence electrons. The number of fused-ring (bicyclic) bond motifs is 4. The normalized spacial score (nSPS) is 15.0. The van der Waals surface area contributed by atoms with Gasteiger partial charge in [0.1, 0.15) is 17.3 Å². The van der Waals surface area contributed by atoms with Crippen LogP contribution in [-0.2, 0) is 21.7 Å². The molecule has 0 amide bonds. The van der Waals surface area contributed by atoms with Gasteiger partial charge in [0.15, 0.2) is 0 Å². The van der Waals surface area contributed by atoms with Crippen LogP contribution in [0, 0.1) is 26.9 Å². The largest absolute Gasteiger partial charge is 0.458 e. The molecule has 0 atom stereocenters. The van der Waals surface area contributed by atoms with E-state index < -0.39 is 26.0 Å². The molecule has 0 radical (unpaired) electrons. The third kappa shape index (κ3) is 8.93. The van der Waals surface area contributed by atoms with Gasteiger partial charge < -0.3 is 4.74 Å². The van der Waals surface area contributed by atoms with Crippen molar-refractivity contribution in [2.75, 3.05) is 0 Å². The van der Waals surface area contributed by atoms with Crippen molar-refractivity contribution in [2.24, 2.45) is 0 Å². The topological polar surface area (TPSA) is 35.9 Å². The molecule has 0 fully saturated rings. The Hall–Kier alpha value is -7.24. The minimum atomic E-state index is -2.65. The maximum Gasteiger partial charge on any atom is 0.269 e. The summed E-state index contributed by atoms with van der Waals surface area (Å²) < 4.78 is 91.1. The molecule has 0 spiro atoms. The Morgan fingerprint density at radius 1 is 0.528 bits per heavy atom. The average molecular weight is 956 g/mol. The van der Waals surface area contributed by atoms with Crippen LogP contribution in [0.15, 0.2) is 152 Å². The fraction of sp³-hybridized carbons (Fsp3) is 0.284. The Bertz CT molecular complexity index is 4030. The van der Waals surface area contributed by atoms with Crippen LogP contribution in [0.4, 0.5) is 0 Å². The molecule has 0 saturated heterocycles. The summed E-state index contributed by atoms with van der Waals surface area (Å²) in [4.78, 5) is 4.88. The second-order valence-corrected chi connectivity index (χ2v) is 23.5. The quantitative estimate of drug-likeness (QED) is 0.118. The van der Waals surface area contributed by atoms with Crippen LogP contribution < -0.4 is 9.30 Å². The molecule has 0 aliphatic rings. The third-order valence-electron chi connectivity index (χ3n) is 13.9. The van der Waals surface area contributed by atoms with Gasteiger partial charge in [0.05, 0.1) is 33.4 Å². The molecule has 0 unspecified atom stereocenters. The van der Waals surface area contributed by atoms with E-state index in [0.29, 0.717) is 45.0 Å². The van der Waals surface area contributed by atoms with Gasteiger partial charge in [-0.25, -0.2) is 4.98 Å². The van der Waals surface area contributed by atoms with Crippen molar-refractivity contribution in [1.29, 1.82) is 0 Å². The second-order valence-electron chi connectivity index (χ2n) is 23.5. The molecule has 0 aliphatic heterocycles. The van der Waals surface area contributed by atoms with E-state index in [0.717, 1.165) is 55.4 Å². The molecular formula is C67H70N4O. The molecule has 0 saturated carbocycles. The molecule has 10 rings (SSSR count). The monoisotopic (exact) mass is 956 g/mol. The highest BCUT2D eigenvalue weighted by molar-refractivity contribution is 6.09. The molecule has 3 heterocycles. The lowest BCUT2D eigenvalue weighted by molar-refractivity contribution is -0.572. The van der Waals surface area contributed by atoms with Crippen LogP contribution in [0.2, 0.25) is 0 Å². The zero-order valence-corrected chi connectivity index (χ0v) is 43.6. The van der Waals surface area contributed by atoms with Gasteiger partial charge in [-0.3, -0.25) is 13.7 Å². The summed E-state index contributed by atoms with van der Waals surface area (Å²) >= 11 is 0. The smallest absolute Gasteiger partial charge is 0.269 e. The number of imidazole rings is 1. The zero-order valence-electron chi connectivity index (χ0n) is 52.6. The lowest BCUT2D eigenvalue weighted by Crippen LogP contribution is -2.35. The van der Waals surface area contributed by atoms with Crippen molar-refractivity contribution in [3.63, 3.8) is 0 Å². The Balaban J connectivity index is 1.24. The first kappa shape index (κ1) is 38.4. The summed E-state index contributed by atoms with van der Waals surface area (Å²) in [5, 5.41) is 2.13. The summed E-state index contributed by atoms with van der Waals surface area (Å²) in [6.45, 7) is 18.1. The number of rotatable bonds is 7. The molecule has 0 N–H and O–H groups in total. The van der Waals surface area contributed by atoms with E-state index in [-0.39, 0.29) is 38.5 Å². The van der Waals surface area contributed by atoms with Gasteiger partial charge >= 0.3 is 0 Å². The van der Waals surface area contributed by atoms with Gasteiger partial charge in [0.2, 0.25) is 0 Å². The van der Waals surface area contributed by atoms with Gasteiger partial charge in [0, 0.05) is 35.4 Å². The average Bonchev–Trinajstić information content (AvgIpc) is 4.15. The number of hydrogen-bond acceptors (Lipinski definition) is 2. The highest BCUT2D eigenvalue weighted by atomic mass is 16.5. The number of nitrogens with zero attached hydrogens (tertiary/aromatic N) is 4. The first-order valence-corrected chi connectivity index (χ1v) is 24.9. The van der Waals surface area contributed by atoms with Crippen LogP contribution in [0.25, 0.3) is 72.3 Å². The molecule has 0 aliphatic carbocycles. The fourth-order valence-corrected chi connectivity index (χ4v) is 9.89. The highest BCUT2D eigenvalue weighted by Crippen LogP contribution is 2.42. The summed E-state index contributed by atoms with van der Waals surface area (Å²) in [6.07, 6.45) is 5.60. The van der Waals surface area contributed by atoms with Crippen molar-refractivity contribution in [2.45, 2.75) is 125 Å². The first-order valence-electron chi connectivity index (χ1n) is 29.4. The lowest BCUT2D eigenvalue weighted by Gasteiger charge is -2.29. The molecule has 5 heteroatoms. The van der Waals surface area contributed by atoms with Gasteiger partial charge in [-0.2, -0.15) is 0 Å². The Kier molecular flexibility index (Phi) is 9.35. The Labute approximate surface area is 440 Å². The van der Waals surface area contributed by atoms with E-state index in [2.05, 4.69) is 143 Å². The van der Waals surface area contributed by atoms with Crippen molar-refractivity contribution in [3.8, 4) is 50.9 Å². The molecule has 7 aromatic carbocycles. The minimum Gasteiger partial charge on any atom is -0.458 e. The predicted molar refractivity (Wildman–Crippen MR) is 302 cm³/mol. The number of hydrogen-bond donors (Lipinski definition) is 0. The Morgan fingerprint density at radius 3 is 1.89 bits per heavy atom. The zero-order chi connectivity index (χ0) is 58.7. The third-order valence-corrected chi connectivity index (χ3v) is 13.9. The van der Waals surface area contributed by atoms with Crippen molar-refractivity contribution in [3.05, 3.63) is 197 Å². The van der Waals surface area contributed by atoms with E-state index in [1.54, 1.807) is 18.2 Å². The van der Waals surface area contributed by atoms with Crippen molar-refractivity contribution in [1.82, 2.24) is 14.1 Å². The van der Waals surface area contributed by atoms with Gasteiger partial charge in [0.25, 0.3) is 6.33 Å². The molecule has 72 heavy (non-hydrogen) atoms. The van der Waals surface area contributed by atoms with Crippen LogP contribution in [0.1, 0.15) is 134 Å². The summed E-state index contributed by atoms with van der Waals surface area (Å²) in [7, 11) is 0. The molecule has 10 aromatic rings. The molecule has 5 nitrogen and oxygen atoms in total. The maximum absolute atomic E-state index is 8.83. The van der Waals surface area contributed by atoms with Gasteiger partial charge in [-0.05, 0) is 152 Å². The van der Waals surface area contributed by atoms with E-state index >= 15 is 0 Å². The Morgan fingerprint density at radius 2 is 1.21 bits per heavy atom. The maximum atomic E-state index is 8.83. The number of aryl methyl sites for hydroxylation is 3. The number of benzene rings is 7. The molecule has 0 bridgehead atoms. The van der Waals surface area contributed by atoms with Crippen molar-refractivity contribution >= 4 is 32.8 Å². The van der Waals surface area contributed by atoms with Gasteiger partial charge in [-0.15, -0.1) is 0 Å². The minimum absolute atomic E-state index is 0.0829.